The Morgan fingerprint density at radius 2 is 0.733 bits per heavy atom. The van der Waals surface area contributed by atoms with Crippen molar-refractivity contribution in [2.24, 2.45) is 0 Å². The topological polar surface area (TPSA) is 34.0 Å². The van der Waals surface area contributed by atoms with Gasteiger partial charge in [0.05, 0.1) is 33.5 Å². The van der Waals surface area contributed by atoms with Gasteiger partial charge >= 0.3 is 0 Å². The quantitative estimate of drug-likeness (QED) is 0.154. The second kappa shape index (κ2) is 15.0. The third-order valence-electron chi connectivity index (χ3n) is 11.4. The van der Waals surface area contributed by atoms with E-state index in [4.69, 9.17) is 9.97 Å². The fourth-order valence-corrected chi connectivity index (χ4v) is 8.49. The van der Waals surface area contributed by atoms with Crippen LogP contribution < -0.4 is 4.90 Å². The van der Waals surface area contributed by atoms with Crippen molar-refractivity contribution < 1.29 is 0 Å². The van der Waals surface area contributed by atoms with Gasteiger partial charge in [0.2, 0.25) is 0 Å². The van der Waals surface area contributed by atoms with Gasteiger partial charge in [-0.3, -0.25) is 0 Å². The molecule has 60 heavy (non-hydrogen) atoms. The zero-order chi connectivity index (χ0) is 39.8. The van der Waals surface area contributed by atoms with Crippen LogP contribution in [0.15, 0.2) is 231 Å². The average Bonchev–Trinajstić information content (AvgIpc) is 3.66. The number of fused-ring (bicyclic) bond motifs is 4. The van der Waals surface area contributed by atoms with E-state index in [1.807, 2.05) is 30.3 Å². The van der Waals surface area contributed by atoms with Crippen molar-refractivity contribution in [1.29, 1.82) is 0 Å². The molecular weight excluding hydrogens is 729 g/mol. The molecule has 0 saturated carbocycles. The molecule has 0 aliphatic rings. The third kappa shape index (κ3) is 6.37. The van der Waals surface area contributed by atoms with E-state index >= 15 is 0 Å². The molecule has 0 bridgehead atoms. The summed E-state index contributed by atoms with van der Waals surface area (Å²) < 4.78 is 2.38. The van der Waals surface area contributed by atoms with Crippen molar-refractivity contribution in [3.63, 3.8) is 0 Å². The molecule has 9 aromatic carbocycles. The number of nitrogens with zero attached hydrogens (tertiary/aromatic N) is 4. The van der Waals surface area contributed by atoms with Crippen LogP contribution in [-0.4, -0.2) is 14.5 Å². The lowest BCUT2D eigenvalue weighted by Gasteiger charge is -2.26. The molecule has 0 aliphatic heterocycles. The Bertz CT molecular complexity index is 3290. The van der Waals surface area contributed by atoms with Crippen LogP contribution in [0.25, 0.3) is 83.3 Å². The van der Waals surface area contributed by atoms with E-state index in [-0.39, 0.29) is 0 Å². The monoisotopic (exact) mass is 766 g/mol. The summed E-state index contributed by atoms with van der Waals surface area (Å²) in [6.45, 7) is 0. The second-order valence-electron chi connectivity index (χ2n) is 15.0. The molecule has 0 atom stereocenters. The molecule has 11 aromatic rings. The van der Waals surface area contributed by atoms with Gasteiger partial charge < -0.3 is 9.47 Å². The van der Waals surface area contributed by atoms with Crippen molar-refractivity contribution in [1.82, 2.24) is 14.5 Å². The minimum atomic E-state index is 0.859. The first-order chi connectivity index (χ1) is 29.7. The predicted molar refractivity (Wildman–Crippen MR) is 250 cm³/mol. The van der Waals surface area contributed by atoms with Gasteiger partial charge in [-0.25, -0.2) is 9.97 Å². The molecule has 4 heteroatoms. The maximum atomic E-state index is 5.17. The Morgan fingerprint density at radius 3 is 1.38 bits per heavy atom. The van der Waals surface area contributed by atoms with Gasteiger partial charge in [0.25, 0.3) is 0 Å². The summed E-state index contributed by atoms with van der Waals surface area (Å²) in [6, 6.07) is 81.7. The van der Waals surface area contributed by atoms with Gasteiger partial charge in [-0.1, -0.05) is 146 Å². The van der Waals surface area contributed by atoms with Crippen LogP contribution in [0.2, 0.25) is 0 Å². The Kier molecular flexibility index (Phi) is 8.79. The lowest BCUT2D eigenvalue weighted by atomic mass is 9.98. The SMILES string of the molecule is c1ccc(-c2cccc(-c3ccc4c(c3)c3cc(N(c5ccccc5)c5ccc(-c6nc7ccccc7nc6-c6ccccc6)cc5)ccc3n4-c3ccccc3)c2)cc1. The normalized spacial score (nSPS) is 11.3. The minimum Gasteiger partial charge on any atom is -0.310 e. The van der Waals surface area contributed by atoms with Gasteiger partial charge in [0.1, 0.15) is 0 Å². The molecule has 0 radical (unpaired) electrons. The summed E-state index contributed by atoms with van der Waals surface area (Å²) in [4.78, 5) is 12.6. The van der Waals surface area contributed by atoms with Crippen molar-refractivity contribution in [3.8, 4) is 50.5 Å². The number of para-hydroxylation sites is 4. The summed E-state index contributed by atoms with van der Waals surface area (Å²) >= 11 is 0. The van der Waals surface area contributed by atoms with Crippen LogP contribution in [-0.2, 0) is 0 Å². The molecule has 0 unspecified atom stereocenters. The van der Waals surface area contributed by atoms with Crippen molar-refractivity contribution in [2.75, 3.05) is 4.90 Å². The maximum absolute atomic E-state index is 5.17. The van der Waals surface area contributed by atoms with Gasteiger partial charge in [-0.05, 0) is 107 Å². The van der Waals surface area contributed by atoms with Crippen molar-refractivity contribution in [3.05, 3.63) is 231 Å². The van der Waals surface area contributed by atoms with E-state index < -0.39 is 0 Å². The highest BCUT2D eigenvalue weighted by Crippen LogP contribution is 2.42. The fraction of sp³-hybridized carbons (Fsp3) is 0. The largest absolute Gasteiger partial charge is 0.310 e. The van der Waals surface area contributed by atoms with Crippen LogP contribution >= 0.6 is 0 Å². The van der Waals surface area contributed by atoms with Crippen LogP contribution in [0.4, 0.5) is 17.1 Å². The highest BCUT2D eigenvalue weighted by Gasteiger charge is 2.19. The zero-order valence-corrected chi connectivity index (χ0v) is 32.7. The molecule has 0 N–H and O–H groups in total. The van der Waals surface area contributed by atoms with E-state index in [2.05, 4.69) is 210 Å². The summed E-state index contributed by atoms with van der Waals surface area (Å²) in [7, 11) is 0. The van der Waals surface area contributed by atoms with Gasteiger partial charge in [-0.2, -0.15) is 0 Å². The van der Waals surface area contributed by atoms with Gasteiger partial charge in [-0.15, -0.1) is 0 Å². The van der Waals surface area contributed by atoms with E-state index in [1.165, 1.54) is 33.0 Å². The van der Waals surface area contributed by atoms with Crippen LogP contribution in [0.1, 0.15) is 0 Å². The molecular formula is C56H38N4. The highest BCUT2D eigenvalue weighted by molar-refractivity contribution is 6.12. The van der Waals surface area contributed by atoms with Gasteiger partial charge in [0.15, 0.2) is 0 Å². The molecule has 0 amide bonds. The third-order valence-corrected chi connectivity index (χ3v) is 11.4. The molecule has 282 valence electrons. The lowest BCUT2D eigenvalue weighted by Crippen LogP contribution is -2.09. The average molecular weight is 767 g/mol. The van der Waals surface area contributed by atoms with E-state index in [0.29, 0.717) is 0 Å². The molecule has 4 nitrogen and oxygen atoms in total. The molecule has 0 saturated heterocycles. The van der Waals surface area contributed by atoms with E-state index in [9.17, 15) is 0 Å². The summed E-state index contributed by atoms with van der Waals surface area (Å²) in [6.07, 6.45) is 0. The van der Waals surface area contributed by atoms with Crippen molar-refractivity contribution >= 4 is 49.9 Å². The Hall–Kier alpha value is -8.08. The van der Waals surface area contributed by atoms with Crippen molar-refractivity contribution in [2.45, 2.75) is 0 Å². The van der Waals surface area contributed by atoms with Crippen LogP contribution in [0.5, 0.6) is 0 Å². The minimum absolute atomic E-state index is 0.859. The van der Waals surface area contributed by atoms with E-state index in [0.717, 1.165) is 67.3 Å². The van der Waals surface area contributed by atoms with Crippen LogP contribution in [0.3, 0.4) is 0 Å². The van der Waals surface area contributed by atoms with E-state index in [1.54, 1.807) is 0 Å². The first kappa shape index (κ1) is 35.1. The molecule has 11 rings (SSSR count). The standard InChI is InChI=1S/C56H38N4/c1-5-16-39(17-6-1)42-20-15-21-43(36-42)44-30-34-53-49(37-44)50-38-48(33-35-54(50)60(53)46-24-11-4-12-25-46)59(45-22-9-3-10-23-45)47-31-28-41(29-32-47)56-55(40-18-7-2-8-19-40)57-51-26-13-14-27-52(51)58-56/h1-38H. The summed E-state index contributed by atoms with van der Waals surface area (Å²) in [5.41, 5.74) is 16.9. The summed E-state index contributed by atoms with van der Waals surface area (Å²) in [5, 5.41) is 2.38. The number of aromatic nitrogens is 3. The number of benzene rings is 9. The number of hydrogen-bond donors (Lipinski definition) is 0. The lowest BCUT2D eigenvalue weighted by molar-refractivity contribution is 1.18. The fourth-order valence-electron chi connectivity index (χ4n) is 8.49. The van der Waals surface area contributed by atoms with Crippen LogP contribution in [0, 0.1) is 0 Å². The number of hydrogen-bond acceptors (Lipinski definition) is 3. The Morgan fingerprint density at radius 1 is 0.300 bits per heavy atom. The smallest absolute Gasteiger partial charge is 0.0973 e. The number of anilines is 3. The molecule has 2 heterocycles. The molecule has 0 spiro atoms. The second-order valence-corrected chi connectivity index (χ2v) is 15.0. The zero-order valence-electron chi connectivity index (χ0n) is 32.7. The molecule has 2 aromatic heterocycles. The highest BCUT2D eigenvalue weighted by atomic mass is 15.1. The Labute approximate surface area is 348 Å². The molecule has 0 aliphatic carbocycles. The Balaban J connectivity index is 1.06. The number of rotatable bonds is 8. The first-order valence-electron chi connectivity index (χ1n) is 20.3. The molecule has 0 fully saturated rings. The first-order valence-corrected chi connectivity index (χ1v) is 20.3. The van der Waals surface area contributed by atoms with Gasteiger partial charge in [0, 0.05) is 44.6 Å². The maximum Gasteiger partial charge on any atom is 0.0973 e. The predicted octanol–water partition coefficient (Wildman–Crippen LogP) is 14.9. The summed E-state index contributed by atoms with van der Waals surface area (Å²) in [5.74, 6) is 0.